The van der Waals surface area contributed by atoms with Gasteiger partial charge in [-0.15, -0.1) is 0 Å². The van der Waals surface area contributed by atoms with Gasteiger partial charge in [-0.05, 0) is 0 Å². The van der Waals surface area contributed by atoms with Crippen LogP contribution in [0.2, 0.25) is 3.17 Å². The van der Waals surface area contributed by atoms with Gasteiger partial charge in [0.25, 0.3) is 0 Å². The summed E-state index contributed by atoms with van der Waals surface area (Å²) in [4.78, 5) is 0. The average Bonchev–Trinajstić information content (AvgIpc) is 2.66. The normalized spacial score (nSPS) is 18.9. The summed E-state index contributed by atoms with van der Waals surface area (Å²) in [6.45, 7) is 2.31. The minimum atomic E-state index is -2.98. The van der Waals surface area contributed by atoms with Crippen molar-refractivity contribution in [2.75, 3.05) is 42.3 Å². The number of nitrogens with zero attached hydrogens (tertiary/aromatic N) is 3. The third-order valence-corrected chi connectivity index (χ3v) is 24.4. The maximum atomic E-state index is 2.52. The molecule has 98 valence electrons. The maximum absolute atomic E-state index is 2.98. The van der Waals surface area contributed by atoms with Crippen LogP contribution in [0.1, 0.15) is 13.3 Å². The van der Waals surface area contributed by atoms with Crippen LogP contribution in [0.25, 0.3) is 0 Å². The van der Waals surface area contributed by atoms with Crippen molar-refractivity contribution in [3.63, 3.8) is 0 Å². The molecule has 0 heterocycles. The van der Waals surface area contributed by atoms with E-state index in [1.54, 1.807) is 0 Å². The predicted octanol–water partition coefficient (Wildman–Crippen LogP) is 2.26. The average molecular weight is 404 g/mol. The van der Waals surface area contributed by atoms with Gasteiger partial charge in [-0.25, -0.2) is 0 Å². The summed E-state index contributed by atoms with van der Waals surface area (Å²) < 4.78 is 7.83. The second kappa shape index (κ2) is 5.47. The van der Waals surface area contributed by atoms with Crippen LogP contribution in [0, 0.1) is 0 Å². The summed E-state index contributed by atoms with van der Waals surface area (Å²) in [7, 11) is 13.5. The van der Waals surface area contributed by atoms with E-state index in [0.29, 0.717) is 0 Å². The second-order valence-corrected chi connectivity index (χ2v) is 23.0. The molecule has 1 aliphatic rings. The molecule has 1 aliphatic carbocycles. The van der Waals surface area contributed by atoms with Crippen molar-refractivity contribution in [3.8, 4) is 0 Å². The molecule has 0 fully saturated rings. The van der Waals surface area contributed by atoms with Crippen LogP contribution in [0.3, 0.4) is 0 Å². The molecule has 0 aromatic carbocycles. The molecule has 0 aromatic rings. The summed E-state index contributed by atoms with van der Waals surface area (Å²) in [5.41, 5.74) is 0. The molecule has 0 aromatic heterocycles. The molecule has 0 amide bonds. The molecular formula is C13H27HfN3. The zero-order chi connectivity index (χ0) is 13.3. The van der Waals surface area contributed by atoms with Crippen LogP contribution in [-0.2, 0) is 20.8 Å². The van der Waals surface area contributed by atoms with E-state index >= 15 is 0 Å². The SMILES string of the molecule is CC[C]1([Hf]([N](C)C)([N](C)C)[N](C)C)C=CC=C1. The van der Waals surface area contributed by atoms with Crippen LogP contribution in [-0.4, -0.2) is 50.9 Å². The first-order valence-electron chi connectivity index (χ1n) is 6.24. The second-order valence-electron chi connectivity index (χ2n) is 5.43. The van der Waals surface area contributed by atoms with E-state index in [0.717, 1.165) is 0 Å². The van der Waals surface area contributed by atoms with Crippen LogP contribution >= 0.6 is 0 Å². The van der Waals surface area contributed by atoms with Gasteiger partial charge in [0.05, 0.1) is 0 Å². The van der Waals surface area contributed by atoms with Crippen LogP contribution < -0.4 is 0 Å². The fraction of sp³-hybridized carbons (Fsp3) is 0.692. The molecule has 0 saturated carbocycles. The monoisotopic (exact) mass is 405 g/mol. The molecule has 3 nitrogen and oxygen atoms in total. The zero-order valence-corrected chi connectivity index (χ0v) is 16.0. The summed E-state index contributed by atoms with van der Waals surface area (Å²) in [6.07, 6.45) is 10.5. The van der Waals surface area contributed by atoms with Gasteiger partial charge >= 0.3 is 113 Å². The molecule has 1 rings (SSSR count). The van der Waals surface area contributed by atoms with Gasteiger partial charge in [0.2, 0.25) is 0 Å². The Morgan fingerprint density at radius 1 is 0.824 bits per heavy atom. The molecular weight excluding hydrogens is 377 g/mol. The van der Waals surface area contributed by atoms with Gasteiger partial charge in [-0.2, -0.15) is 0 Å². The molecule has 0 aliphatic heterocycles. The van der Waals surface area contributed by atoms with Crippen molar-refractivity contribution in [1.29, 1.82) is 0 Å². The predicted molar refractivity (Wildman–Crippen MR) is 72.3 cm³/mol. The molecule has 0 radical (unpaired) electrons. The summed E-state index contributed by atoms with van der Waals surface area (Å²) in [6, 6.07) is 0. The molecule has 0 N–H and O–H groups in total. The van der Waals surface area contributed by atoms with Crippen LogP contribution in [0.4, 0.5) is 0 Å². The third kappa shape index (κ3) is 2.14. The van der Waals surface area contributed by atoms with E-state index in [1.807, 2.05) is 0 Å². The Hall–Kier alpha value is 0.230. The van der Waals surface area contributed by atoms with Gasteiger partial charge in [-0.1, -0.05) is 0 Å². The van der Waals surface area contributed by atoms with Crippen molar-refractivity contribution >= 4 is 0 Å². The van der Waals surface area contributed by atoms with Crippen molar-refractivity contribution in [1.82, 2.24) is 8.66 Å². The molecule has 0 unspecified atom stereocenters. The van der Waals surface area contributed by atoms with Crippen molar-refractivity contribution in [2.24, 2.45) is 0 Å². The van der Waals surface area contributed by atoms with Gasteiger partial charge in [0, 0.05) is 0 Å². The van der Waals surface area contributed by atoms with Crippen LogP contribution in [0.5, 0.6) is 0 Å². The third-order valence-electron chi connectivity index (χ3n) is 3.98. The van der Waals surface area contributed by atoms with Crippen molar-refractivity contribution < 1.29 is 20.8 Å². The van der Waals surface area contributed by atoms with Gasteiger partial charge in [-0.3, -0.25) is 0 Å². The van der Waals surface area contributed by atoms with E-state index in [1.165, 1.54) is 6.42 Å². The molecule has 0 saturated heterocycles. The minimum absolute atomic E-state index is 0.253. The summed E-state index contributed by atoms with van der Waals surface area (Å²) in [5, 5.41) is 0. The van der Waals surface area contributed by atoms with Crippen molar-refractivity contribution in [2.45, 2.75) is 16.5 Å². The fourth-order valence-corrected chi connectivity index (χ4v) is 25.3. The number of hydrogen-bond donors (Lipinski definition) is 0. The van der Waals surface area contributed by atoms with Crippen LogP contribution in [0.15, 0.2) is 24.3 Å². The zero-order valence-electron chi connectivity index (χ0n) is 12.4. The molecule has 17 heavy (non-hydrogen) atoms. The quantitative estimate of drug-likeness (QED) is 0.652. The Labute approximate surface area is 112 Å². The first-order chi connectivity index (χ1) is 7.85. The summed E-state index contributed by atoms with van der Waals surface area (Å²) in [5.74, 6) is 0. The summed E-state index contributed by atoms with van der Waals surface area (Å²) >= 11 is -2.98. The Kier molecular flexibility index (Phi) is 4.92. The molecule has 4 heteroatoms. The Balaban J connectivity index is 3.41. The van der Waals surface area contributed by atoms with Gasteiger partial charge < -0.3 is 0 Å². The van der Waals surface area contributed by atoms with E-state index in [2.05, 4.69) is 82.2 Å². The topological polar surface area (TPSA) is 9.72 Å². The molecule has 0 spiro atoms. The Morgan fingerprint density at radius 3 is 1.41 bits per heavy atom. The van der Waals surface area contributed by atoms with Crippen molar-refractivity contribution in [3.05, 3.63) is 24.3 Å². The van der Waals surface area contributed by atoms with Gasteiger partial charge in [0.1, 0.15) is 0 Å². The first kappa shape index (κ1) is 15.3. The Bertz CT molecular complexity index is 285. The van der Waals surface area contributed by atoms with E-state index in [4.69, 9.17) is 0 Å². The van der Waals surface area contributed by atoms with E-state index in [9.17, 15) is 0 Å². The standard InChI is InChI=1S/C7H9.3C2H6N.Hf/c1-2-7-5-3-4-6-7;3*1-3-2;/h3-6H,2H2,1H3;3*1-2H3;/q;3*-1;+3. The number of hydrogen-bond acceptors (Lipinski definition) is 3. The molecule has 0 atom stereocenters. The first-order valence-corrected chi connectivity index (χ1v) is 12.9. The Morgan fingerprint density at radius 2 is 1.18 bits per heavy atom. The van der Waals surface area contributed by atoms with Gasteiger partial charge in [0.15, 0.2) is 0 Å². The fourth-order valence-electron chi connectivity index (χ4n) is 3.66. The number of allylic oxidation sites excluding steroid dienone is 4. The molecule has 0 bridgehead atoms. The van der Waals surface area contributed by atoms with E-state index in [-0.39, 0.29) is 3.17 Å². The number of rotatable bonds is 5. The van der Waals surface area contributed by atoms with E-state index < -0.39 is 20.8 Å².